The van der Waals surface area contributed by atoms with Crippen LogP contribution < -0.4 is 0 Å². The Kier molecular flexibility index (Phi) is 7.56. The van der Waals surface area contributed by atoms with Crippen LogP contribution >= 0.6 is 0 Å². The van der Waals surface area contributed by atoms with Gasteiger partial charge in [-0.25, -0.2) is 9.59 Å². The first kappa shape index (κ1) is 24.5. The summed E-state index contributed by atoms with van der Waals surface area (Å²) in [5, 5.41) is 0. The van der Waals surface area contributed by atoms with E-state index in [0.717, 1.165) is 32.1 Å². The largest absolute Gasteiger partial charge is 0.466 e. The molecule has 0 spiro atoms. The van der Waals surface area contributed by atoms with Crippen molar-refractivity contribution < 1.29 is 28.7 Å². The normalized spacial score (nSPS) is 21.0. The van der Waals surface area contributed by atoms with Crippen LogP contribution in [0, 0.1) is 0 Å². The van der Waals surface area contributed by atoms with Gasteiger partial charge >= 0.3 is 11.9 Å². The van der Waals surface area contributed by atoms with Crippen LogP contribution in [-0.2, 0) is 19.1 Å². The van der Waals surface area contributed by atoms with E-state index >= 15 is 0 Å². The lowest BCUT2D eigenvalue weighted by Crippen LogP contribution is -2.53. The number of hydrogen-bond acceptors (Lipinski definition) is 7. The Hall–Kier alpha value is -3.58. The quantitative estimate of drug-likeness (QED) is 0.445. The molecule has 2 atom stereocenters. The molecule has 0 unspecified atom stereocenters. The predicted molar refractivity (Wildman–Crippen MR) is 129 cm³/mol. The van der Waals surface area contributed by atoms with Gasteiger partial charge in [-0.2, -0.15) is 0 Å². The average molecular weight is 476 g/mol. The second-order valence-corrected chi connectivity index (χ2v) is 8.82. The van der Waals surface area contributed by atoms with Crippen molar-refractivity contribution in [2.24, 2.45) is 0 Å². The third-order valence-electron chi connectivity index (χ3n) is 6.85. The summed E-state index contributed by atoms with van der Waals surface area (Å²) >= 11 is 0. The van der Waals surface area contributed by atoms with Crippen LogP contribution in [0.1, 0.15) is 52.8 Å². The molecule has 2 aromatic rings. The maximum Gasteiger partial charge on any atom is 0.336 e. The number of rotatable bonds is 7. The molecule has 4 rings (SSSR count). The van der Waals surface area contributed by atoms with Crippen molar-refractivity contribution in [1.29, 1.82) is 0 Å². The van der Waals surface area contributed by atoms with Crippen molar-refractivity contribution in [2.45, 2.75) is 50.2 Å². The lowest BCUT2D eigenvalue weighted by Gasteiger charge is -2.39. The highest BCUT2D eigenvalue weighted by molar-refractivity contribution is 6.18. The Bertz CT molecular complexity index is 1050. The van der Waals surface area contributed by atoms with E-state index in [2.05, 4.69) is 0 Å². The summed E-state index contributed by atoms with van der Waals surface area (Å²) in [7, 11) is 2.40. The number of carbonyl (C=O) groups is 4. The SMILES string of the molecule is COC(=O)C1=C(C(=O)OC)[C@H](C(=O)c2ccccc2)N(C2CCCCC2)[C@@H]1C(=O)c1ccccc1. The van der Waals surface area contributed by atoms with Crippen LogP contribution in [0.5, 0.6) is 0 Å². The second kappa shape index (κ2) is 10.8. The van der Waals surface area contributed by atoms with Gasteiger partial charge in [-0.15, -0.1) is 0 Å². The van der Waals surface area contributed by atoms with Crippen molar-refractivity contribution in [2.75, 3.05) is 14.2 Å². The van der Waals surface area contributed by atoms with Gasteiger partial charge in [0.2, 0.25) is 0 Å². The molecule has 1 aliphatic heterocycles. The van der Waals surface area contributed by atoms with Gasteiger partial charge in [-0.05, 0) is 12.8 Å². The van der Waals surface area contributed by atoms with Gasteiger partial charge in [-0.1, -0.05) is 79.9 Å². The molecule has 0 N–H and O–H groups in total. The zero-order valence-electron chi connectivity index (χ0n) is 19.9. The molecule has 2 aromatic carbocycles. The summed E-state index contributed by atoms with van der Waals surface area (Å²) in [6.45, 7) is 0. The first-order chi connectivity index (χ1) is 17.0. The number of esters is 2. The molecule has 1 heterocycles. The van der Waals surface area contributed by atoms with E-state index < -0.39 is 24.0 Å². The van der Waals surface area contributed by atoms with Crippen molar-refractivity contribution in [3.05, 3.63) is 82.9 Å². The Labute approximate surface area is 204 Å². The van der Waals surface area contributed by atoms with Crippen LogP contribution in [0.3, 0.4) is 0 Å². The first-order valence-corrected chi connectivity index (χ1v) is 11.9. The van der Waals surface area contributed by atoms with E-state index in [-0.39, 0.29) is 28.8 Å². The third-order valence-corrected chi connectivity index (χ3v) is 6.85. The Morgan fingerprint density at radius 1 is 0.657 bits per heavy atom. The third kappa shape index (κ3) is 4.68. The Morgan fingerprint density at radius 3 is 1.43 bits per heavy atom. The molecule has 2 aliphatic rings. The number of methoxy groups -OCH3 is 2. The van der Waals surface area contributed by atoms with E-state index in [1.165, 1.54) is 14.2 Å². The standard InChI is InChI=1S/C28H29NO6/c1-34-27(32)21-22(28(33)35-2)24(26(31)19-14-8-4-9-15-19)29(20-16-10-5-11-17-20)23(21)25(30)18-12-6-3-7-13-18/h3-4,6-9,12-15,20,23-24H,5,10-11,16-17H2,1-2H3/t23-,24+. The fourth-order valence-corrected chi connectivity index (χ4v) is 5.26. The van der Waals surface area contributed by atoms with Gasteiger partial charge in [0.25, 0.3) is 0 Å². The molecule has 0 radical (unpaired) electrons. The second-order valence-electron chi connectivity index (χ2n) is 8.82. The van der Waals surface area contributed by atoms with Gasteiger partial charge in [0, 0.05) is 17.2 Å². The van der Waals surface area contributed by atoms with E-state index in [1.54, 1.807) is 65.6 Å². The first-order valence-electron chi connectivity index (χ1n) is 11.9. The molecule has 7 nitrogen and oxygen atoms in total. The molecule has 1 aliphatic carbocycles. The molecule has 0 amide bonds. The summed E-state index contributed by atoms with van der Waals surface area (Å²) in [5.74, 6) is -2.35. The highest BCUT2D eigenvalue weighted by Gasteiger charge is 2.54. The van der Waals surface area contributed by atoms with Gasteiger partial charge in [0.1, 0.15) is 12.1 Å². The summed E-state index contributed by atoms with van der Waals surface area (Å²) < 4.78 is 10.1. The molecule has 0 saturated heterocycles. The predicted octanol–water partition coefficient (Wildman–Crippen LogP) is 3.78. The summed E-state index contributed by atoms with van der Waals surface area (Å²) in [4.78, 5) is 56.0. The zero-order valence-corrected chi connectivity index (χ0v) is 19.9. The molecular formula is C28H29NO6. The number of hydrogen-bond donors (Lipinski definition) is 0. The van der Waals surface area contributed by atoms with Crippen LogP contribution in [0.4, 0.5) is 0 Å². The van der Waals surface area contributed by atoms with Crippen LogP contribution in [-0.4, -0.2) is 60.8 Å². The molecule has 0 aromatic heterocycles. The number of Topliss-reactive ketones (excluding diaryl/α,β-unsaturated/α-hetero) is 2. The fourth-order valence-electron chi connectivity index (χ4n) is 5.26. The van der Waals surface area contributed by atoms with Gasteiger partial charge in [0.15, 0.2) is 11.6 Å². The monoisotopic (exact) mass is 475 g/mol. The number of carbonyl (C=O) groups excluding carboxylic acids is 4. The average Bonchev–Trinajstić information content (AvgIpc) is 3.28. The molecule has 182 valence electrons. The molecule has 1 saturated carbocycles. The zero-order chi connectivity index (χ0) is 24.9. The Morgan fingerprint density at radius 2 is 1.06 bits per heavy atom. The number of ether oxygens (including phenoxy) is 2. The highest BCUT2D eigenvalue weighted by atomic mass is 16.5. The molecular weight excluding hydrogens is 446 g/mol. The van der Waals surface area contributed by atoms with Gasteiger partial charge < -0.3 is 9.47 Å². The molecule has 1 fully saturated rings. The van der Waals surface area contributed by atoms with Crippen LogP contribution in [0.15, 0.2) is 71.8 Å². The van der Waals surface area contributed by atoms with Crippen LogP contribution in [0.2, 0.25) is 0 Å². The minimum Gasteiger partial charge on any atom is -0.466 e. The number of nitrogens with zero attached hydrogens (tertiary/aromatic N) is 1. The van der Waals surface area contributed by atoms with E-state index in [0.29, 0.717) is 11.1 Å². The number of benzene rings is 2. The molecule has 0 bridgehead atoms. The molecule has 35 heavy (non-hydrogen) atoms. The van der Waals surface area contributed by atoms with Crippen molar-refractivity contribution >= 4 is 23.5 Å². The summed E-state index contributed by atoms with van der Waals surface area (Å²) in [6.07, 6.45) is 4.42. The summed E-state index contributed by atoms with van der Waals surface area (Å²) in [5.41, 5.74) is 0.537. The maximum atomic E-state index is 13.9. The lowest BCUT2D eigenvalue weighted by atomic mass is 9.90. The van der Waals surface area contributed by atoms with Gasteiger partial charge in [-0.3, -0.25) is 14.5 Å². The topological polar surface area (TPSA) is 90.0 Å². The molecule has 7 heteroatoms. The smallest absolute Gasteiger partial charge is 0.336 e. The van der Waals surface area contributed by atoms with E-state index in [9.17, 15) is 19.2 Å². The fraction of sp³-hybridized carbons (Fsp3) is 0.357. The Balaban J connectivity index is 1.95. The van der Waals surface area contributed by atoms with Crippen molar-refractivity contribution in [3.63, 3.8) is 0 Å². The maximum absolute atomic E-state index is 13.9. The van der Waals surface area contributed by atoms with Crippen LogP contribution in [0.25, 0.3) is 0 Å². The van der Waals surface area contributed by atoms with Gasteiger partial charge in [0.05, 0.1) is 25.4 Å². The van der Waals surface area contributed by atoms with E-state index in [1.807, 2.05) is 0 Å². The summed E-state index contributed by atoms with van der Waals surface area (Å²) in [6, 6.07) is 14.8. The lowest BCUT2D eigenvalue weighted by molar-refractivity contribution is -0.139. The minimum absolute atomic E-state index is 0.118. The van der Waals surface area contributed by atoms with Crippen molar-refractivity contribution in [3.8, 4) is 0 Å². The number of ketones is 2. The van der Waals surface area contributed by atoms with Crippen molar-refractivity contribution in [1.82, 2.24) is 4.90 Å². The highest BCUT2D eigenvalue weighted by Crippen LogP contribution is 2.40. The minimum atomic E-state index is -1.14. The van der Waals surface area contributed by atoms with E-state index in [4.69, 9.17) is 9.47 Å².